The maximum absolute atomic E-state index is 12.7. The van der Waals surface area contributed by atoms with Crippen LogP contribution in [0.4, 0.5) is 0 Å². The number of imide groups is 1. The molecule has 2 bridgehead atoms. The summed E-state index contributed by atoms with van der Waals surface area (Å²) in [5.74, 6) is 0.00902. The number of nitrogens with zero attached hydrogens (tertiary/aromatic N) is 1. The Morgan fingerprint density at radius 2 is 2.12 bits per heavy atom. The Morgan fingerprint density at radius 3 is 2.85 bits per heavy atom. The molecule has 3 amide bonds. The summed E-state index contributed by atoms with van der Waals surface area (Å²) in [5.41, 5.74) is 2.80. The smallest absolute Gasteiger partial charge is 0.255 e. The molecule has 136 valence electrons. The van der Waals surface area contributed by atoms with Crippen molar-refractivity contribution in [2.45, 2.75) is 50.5 Å². The Labute approximate surface area is 151 Å². The number of amides is 3. The first kappa shape index (κ1) is 16.0. The summed E-state index contributed by atoms with van der Waals surface area (Å²) >= 11 is 0. The Balaban J connectivity index is 1.28. The minimum atomic E-state index is -0.550. The highest BCUT2D eigenvalue weighted by molar-refractivity contribution is 6.05. The predicted molar refractivity (Wildman–Crippen MR) is 93.0 cm³/mol. The summed E-state index contributed by atoms with van der Waals surface area (Å²) in [6, 6.07) is 6.55. The minimum Gasteiger partial charge on any atom is -0.322 e. The van der Waals surface area contributed by atoms with Crippen molar-refractivity contribution in [2.75, 3.05) is 6.54 Å². The fourth-order valence-corrected chi connectivity index (χ4v) is 4.76. The molecule has 4 aliphatic heterocycles. The lowest BCUT2D eigenvalue weighted by molar-refractivity contribution is -0.136. The molecule has 4 heterocycles. The summed E-state index contributed by atoms with van der Waals surface area (Å²) in [4.78, 5) is 37.7. The van der Waals surface area contributed by atoms with Crippen LogP contribution in [0.15, 0.2) is 18.2 Å². The molecule has 1 saturated carbocycles. The average molecular weight is 354 g/mol. The van der Waals surface area contributed by atoms with E-state index in [4.69, 9.17) is 0 Å². The summed E-state index contributed by atoms with van der Waals surface area (Å²) in [5, 5.41) is 9.46. The summed E-state index contributed by atoms with van der Waals surface area (Å²) in [6.07, 6.45) is 1.96. The standard InChI is InChI=1S/C19H22N4O3/c24-16-4-3-15(18(25)22-16)23-9-12-5-10(1-2-13(12)19(23)26)7-21-17-11-6-14(17)20-8-11/h1-2,5,11,14-15,17,20-21H,3-4,6-9H2,(H,22,24,25)/t11-,14-,15?,17+/m0/s1. The fraction of sp³-hybridized carbons (Fsp3) is 0.526. The number of piperidine rings is 1. The summed E-state index contributed by atoms with van der Waals surface area (Å²) < 4.78 is 0. The van der Waals surface area contributed by atoms with E-state index < -0.39 is 6.04 Å². The number of benzene rings is 1. The van der Waals surface area contributed by atoms with Gasteiger partial charge in [0.15, 0.2) is 0 Å². The molecule has 0 spiro atoms. The van der Waals surface area contributed by atoms with Crippen LogP contribution in [0.2, 0.25) is 0 Å². The van der Waals surface area contributed by atoms with Gasteiger partial charge in [-0.15, -0.1) is 0 Å². The Bertz CT molecular complexity index is 794. The minimum absolute atomic E-state index is 0.116. The van der Waals surface area contributed by atoms with Crippen LogP contribution in [0, 0.1) is 5.92 Å². The van der Waals surface area contributed by atoms with Gasteiger partial charge in [0.1, 0.15) is 6.04 Å². The van der Waals surface area contributed by atoms with Crippen LogP contribution in [0.25, 0.3) is 0 Å². The van der Waals surface area contributed by atoms with Crippen molar-refractivity contribution < 1.29 is 14.4 Å². The number of fused-ring (bicyclic) bond motifs is 2. The molecule has 1 aromatic carbocycles. The molecule has 0 aromatic heterocycles. The lowest BCUT2D eigenvalue weighted by Crippen LogP contribution is -2.52. The zero-order valence-electron chi connectivity index (χ0n) is 14.5. The Hall–Kier alpha value is -2.25. The zero-order chi connectivity index (χ0) is 17.8. The van der Waals surface area contributed by atoms with Crippen molar-refractivity contribution in [3.8, 4) is 0 Å². The molecule has 4 atom stereocenters. The first-order valence-electron chi connectivity index (χ1n) is 9.33. The fourth-order valence-electron chi connectivity index (χ4n) is 4.76. The molecule has 1 unspecified atom stereocenters. The molecule has 3 saturated heterocycles. The number of carbonyl (C=O) groups excluding carboxylic acids is 3. The van der Waals surface area contributed by atoms with Crippen LogP contribution in [0.1, 0.15) is 40.7 Å². The molecule has 4 fully saturated rings. The lowest BCUT2D eigenvalue weighted by Gasteiger charge is -2.35. The van der Waals surface area contributed by atoms with Gasteiger partial charge in [0.05, 0.1) is 0 Å². The van der Waals surface area contributed by atoms with Gasteiger partial charge in [-0.25, -0.2) is 0 Å². The van der Waals surface area contributed by atoms with Crippen molar-refractivity contribution in [1.29, 1.82) is 0 Å². The van der Waals surface area contributed by atoms with Crippen LogP contribution in [0.5, 0.6) is 0 Å². The van der Waals surface area contributed by atoms with Gasteiger partial charge in [-0.05, 0) is 42.5 Å². The average Bonchev–Trinajstić information content (AvgIpc) is 3.31. The van der Waals surface area contributed by atoms with Gasteiger partial charge in [0.25, 0.3) is 5.91 Å². The van der Waals surface area contributed by atoms with Gasteiger partial charge in [0.2, 0.25) is 11.8 Å². The molecule has 1 aromatic rings. The van der Waals surface area contributed by atoms with Gasteiger partial charge in [-0.1, -0.05) is 12.1 Å². The van der Waals surface area contributed by atoms with E-state index in [9.17, 15) is 14.4 Å². The quantitative estimate of drug-likeness (QED) is 0.657. The molecule has 0 radical (unpaired) electrons. The van der Waals surface area contributed by atoms with Gasteiger partial charge in [-0.2, -0.15) is 0 Å². The van der Waals surface area contributed by atoms with E-state index in [0.717, 1.165) is 30.1 Å². The Kier molecular flexibility index (Phi) is 3.62. The van der Waals surface area contributed by atoms with Crippen LogP contribution in [-0.2, 0) is 22.7 Å². The molecular formula is C19H22N4O3. The topological polar surface area (TPSA) is 90.5 Å². The van der Waals surface area contributed by atoms with Crippen molar-refractivity contribution in [3.63, 3.8) is 0 Å². The molecule has 7 heteroatoms. The van der Waals surface area contributed by atoms with Gasteiger partial charge in [0, 0.05) is 37.2 Å². The molecule has 26 heavy (non-hydrogen) atoms. The van der Waals surface area contributed by atoms with Crippen molar-refractivity contribution in [3.05, 3.63) is 34.9 Å². The van der Waals surface area contributed by atoms with Crippen LogP contribution in [0.3, 0.4) is 0 Å². The largest absolute Gasteiger partial charge is 0.322 e. The van der Waals surface area contributed by atoms with E-state index in [-0.39, 0.29) is 24.1 Å². The summed E-state index contributed by atoms with van der Waals surface area (Å²) in [7, 11) is 0. The highest BCUT2D eigenvalue weighted by Crippen LogP contribution is 2.34. The summed E-state index contributed by atoms with van der Waals surface area (Å²) in [6.45, 7) is 2.34. The normalized spacial score (nSPS) is 32.5. The van der Waals surface area contributed by atoms with E-state index >= 15 is 0 Å². The zero-order valence-corrected chi connectivity index (χ0v) is 14.5. The van der Waals surface area contributed by atoms with E-state index in [2.05, 4.69) is 22.0 Å². The predicted octanol–water partition coefficient (Wildman–Crippen LogP) is -0.102. The van der Waals surface area contributed by atoms with Crippen LogP contribution >= 0.6 is 0 Å². The van der Waals surface area contributed by atoms with Crippen LogP contribution < -0.4 is 16.0 Å². The maximum atomic E-state index is 12.7. The third-order valence-corrected chi connectivity index (χ3v) is 6.27. The lowest BCUT2D eigenvalue weighted by atomic mass is 9.80. The van der Waals surface area contributed by atoms with Crippen molar-refractivity contribution in [2.24, 2.45) is 5.92 Å². The van der Waals surface area contributed by atoms with E-state index in [1.807, 2.05) is 12.1 Å². The van der Waals surface area contributed by atoms with Gasteiger partial charge in [-0.3, -0.25) is 19.7 Å². The van der Waals surface area contributed by atoms with Crippen LogP contribution in [-0.4, -0.2) is 47.3 Å². The molecule has 7 nitrogen and oxygen atoms in total. The van der Waals surface area contributed by atoms with Crippen molar-refractivity contribution >= 4 is 17.7 Å². The molecule has 5 aliphatic rings. The number of hydrogen-bond acceptors (Lipinski definition) is 5. The van der Waals surface area contributed by atoms with E-state index in [0.29, 0.717) is 30.6 Å². The highest BCUT2D eigenvalue weighted by atomic mass is 16.2. The third kappa shape index (κ3) is 2.46. The van der Waals surface area contributed by atoms with E-state index in [1.54, 1.807) is 4.90 Å². The maximum Gasteiger partial charge on any atom is 0.255 e. The number of carbonyl (C=O) groups is 3. The monoisotopic (exact) mass is 354 g/mol. The Morgan fingerprint density at radius 1 is 1.23 bits per heavy atom. The third-order valence-electron chi connectivity index (χ3n) is 6.27. The number of nitrogens with one attached hydrogen (secondary N) is 3. The van der Waals surface area contributed by atoms with Gasteiger partial charge >= 0.3 is 0 Å². The van der Waals surface area contributed by atoms with Gasteiger partial charge < -0.3 is 15.5 Å². The number of rotatable bonds is 4. The van der Waals surface area contributed by atoms with E-state index in [1.165, 1.54) is 6.42 Å². The SMILES string of the molecule is O=C1CCC(N2Cc3cc(CN[C@@H]4[C@@H]5CN[C@H]4C5)ccc3C2=O)C(=O)N1. The van der Waals surface area contributed by atoms with Crippen molar-refractivity contribution in [1.82, 2.24) is 20.9 Å². The second-order valence-electron chi connectivity index (χ2n) is 7.81. The highest BCUT2D eigenvalue weighted by Gasteiger charge is 2.46. The second-order valence-corrected chi connectivity index (χ2v) is 7.81. The number of hydrogen-bond donors (Lipinski definition) is 3. The second kappa shape index (κ2) is 5.89. The molecule has 6 rings (SSSR count). The first-order chi connectivity index (χ1) is 12.6. The molecule has 1 aliphatic carbocycles. The molecule has 3 N–H and O–H groups in total. The molecular weight excluding hydrogens is 332 g/mol. The first-order valence-corrected chi connectivity index (χ1v) is 9.33.